The normalized spacial score (nSPS) is 11.0. The van der Waals surface area contributed by atoms with E-state index >= 15 is 0 Å². The van der Waals surface area contributed by atoms with Gasteiger partial charge in [-0.2, -0.15) is 0 Å². The lowest BCUT2D eigenvalue weighted by Gasteiger charge is -2.09. The molecule has 0 aromatic heterocycles. The molecule has 234 valence electrons. The van der Waals surface area contributed by atoms with Crippen molar-refractivity contribution in [1.82, 2.24) is 0 Å². The number of benzene rings is 4. The molecule has 0 unspecified atom stereocenters. The van der Waals surface area contributed by atoms with Crippen LogP contribution in [0.3, 0.4) is 0 Å². The molecule has 0 aliphatic heterocycles. The van der Waals surface area contributed by atoms with Gasteiger partial charge in [0, 0.05) is 0 Å². The van der Waals surface area contributed by atoms with E-state index in [0.717, 1.165) is 37.6 Å². The highest BCUT2D eigenvalue weighted by molar-refractivity contribution is 5.73. The topological polar surface area (TPSA) is 18.5 Å². The second kappa shape index (κ2) is 19.7. The predicted molar refractivity (Wildman–Crippen MR) is 190 cm³/mol. The first-order valence-electron chi connectivity index (χ1n) is 17.4. The summed E-state index contributed by atoms with van der Waals surface area (Å²) in [6.07, 6.45) is 18.3. The van der Waals surface area contributed by atoms with Gasteiger partial charge in [-0.1, -0.05) is 164 Å². The van der Waals surface area contributed by atoms with Gasteiger partial charge in [-0.3, -0.25) is 0 Å². The van der Waals surface area contributed by atoms with Gasteiger partial charge < -0.3 is 9.47 Å². The number of unbranched alkanes of at least 4 members (excludes halogenated alkanes) is 12. The summed E-state index contributed by atoms with van der Waals surface area (Å²) in [5, 5.41) is 0. The van der Waals surface area contributed by atoms with E-state index < -0.39 is 0 Å². The van der Waals surface area contributed by atoms with Crippen LogP contribution in [0.5, 0.6) is 11.5 Å². The molecular formula is C42H54O2. The second-order valence-electron chi connectivity index (χ2n) is 12.1. The van der Waals surface area contributed by atoms with Crippen LogP contribution in [0.2, 0.25) is 0 Å². The molecule has 0 spiro atoms. The molecule has 0 aliphatic rings. The molecule has 4 aromatic rings. The Morgan fingerprint density at radius 3 is 0.795 bits per heavy atom. The van der Waals surface area contributed by atoms with Crippen LogP contribution >= 0.6 is 0 Å². The minimum atomic E-state index is 0.805. The highest BCUT2D eigenvalue weighted by Crippen LogP contribution is 2.29. The molecule has 0 fully saturated rings. The van der Waals surface area contributed by atoms with Crippen molar-refractivity contribution in [3.05, 3.63) is 97.1 Å². The van der Waals surface area contributed by atoms with Crippen molar-refractivity contribution in [3.8, 4) is 44.9 Å². The van der Waals surface area contributed by atoms with Gasteiger partial charge in [0.15, 0.2) is 0 Å². The minimum Gasteiger partial charge on any atom is -0.494 e. The van der Waals surface area contributed by atoms with Crippen LogP contribution in [-0.4, -0.2) is 13.2 Å². The molecule has 4 rings (SSSR count). The van der Waals surface area contributed by atoms with Gasteiger partial charge in [0.05, 0.1) is 13.2 Å². The zero-order valence-corrected chi connectivity index (χ0v) is 27.4. The summed E-state index contributed by atoms with van der Waals surface area (Å²) in [4.78, 5) is 0. The first kappa shape index (κ1) is 33.4. The third-order valence-electron chi connectivity index (χ3n) is 8.51. The summed E-state index contributed by atoms with van der Waals surface area (Å²) >= 11 is 0. The number of hydrogen-bond donors (Lipinski definition) is 0. The molecule has 0 bridgehead atoms. The van der Waals surface area contributed by atoms with Gasteiger partial charge >= 0.3 is 0 Å². The zero-order valence-electron chi connectivity index (χ0n) is 27.4. The molecule has 44 heavy (non-hydrogen) atoms. The van der Waals surface area contributed by atoms with Gasteiger partial charge in [-0.15, -0.1) is 0 Å². The first-order chi connectivity index (χ1) is 21.8. The van der Waals surface area contributed by atoms with Crippen molar-refractivity contribution in [3.63, 3.8) is 0 Å². The predicted octanol–water partition coefficient (Wildman–Crippen LogP) is 12.9. The van der Waals surface area contributed by atoms with Crippen LogP contribution < -0.4 is 9.47 Å². The summed E-state index contributed by atoms with van der Waals surface area (Å²) < 4.78 is 12.0. The van der Waals surface area contributed by atoms with Gasteiger partial charge in [0.1, 0.15) is 11.5 Å². The van der Waals surface area contributed by atoms with Crippen LogP contribution in [0, 0.1) is 0 Å². The highest BCUT2D eigenvalue weighted by atomic mass is 16.5. The number of hydrogen-bond acceptors (Lipinski definition) is 2. The maximum absolute atomic E-state index is 5.98. The Labute approximate surface area is 267 Å². The summed E-state index contributed by atoms with van der Waals surface area (Å²) in [5.74, 6) is 1.92. The Bertz CT molecular complexity index is 1180. The Hall–Kier alpha value is -3.52. The summed E-state index contributed by atoms with van der Waals surface area (Å²) in [7, 11) is 0. The SMILES string of the molecule is CCCCCCCCCOc1ccc(-c2ccc(-c3ccc(-c4ccc(OCCCCCCCCC)cc4)cc3)cc2)cc1. The molecule has 0 saturated carbocycles. The smallest absolute Gasteiger partial charge is 0.119 e. The summed E-state index contributed by atoms with van der Waals surface area (Å²) in [6.45, 7) is 6.14. The molecule has 0 N–H and O–H groups in total. The molecule has 0 heterocycles. The molecule has 2 nitrogen and oxygen atoms in total. The van der Waals surface area contributed by atoms with Crippen LogP contribution in [0.25, 0.3) is 33.4 Å². The fourth-order valence-corrected chi connectivity index (χ4v) is 5.70. The first-order valence-corrected chi connectivity index (χ1v) is 17.4. The van der Waals surface area contributed by atoms with E-state index in [1.807, 2.05) is 0 Å². The van der Waals surface area contributed by atoms with Crippen molar-refractivity contribution < 1.29 is 9.47 Å². The molecule has 0 amide bonds. The van der Waals surface area contributed by atoms with Crippen molar-refractivity contribution >= 4 is 0 Å². The fraction of sp³-hybridized carbons (Fsp3) is 0.429. The third-order valence-corrected chi connectivity index (χ3v) is 8.51. The Morgan fingerprint density at radius 1 is 0.295 bits per heavy atom. The van der Waals surface area contributed by atoms with Crippen LogP contribution in [0.15, 0.2) is 97.1 Å². The zero-order chi connectivity index (χ0) is 30.7. The van der Waals surface area contributed by atoms with E-state index in [1.54, 1.807) is 0 Å². The molecule has 2 heteroatoms. The lowest BCUT2D eigenvalue weighted by Crippen LogP contribution is -1.97. The van der Waals surface area contributed by atoms with Gasteiger partial charge in [0.25, 0.3) is 0 Å². The van der Waals surface area contributed by atoms with E-state index in [9.17, 15) is 0 Å². The van der Waals surface area contributed by atoms with Crippen molar-refractivity contribution in [2.45, 2.75) is 104 Å². The van der Waals surface area contributed by atoms with Crippen molar-refractivity contribution in [2.75, 3.05) is 13.2 Å². The van der Waals surface area contributed by atoms with Gasteiger partial charge in [-0.05, 0) is 70.5 Å². The standard InChI is InChI=1S/C42H54O2/c1-3-5-7-9-11-13-15-33-43-41-29-25-39(26-30-41)37-21-17-35(18-22-37)36-19-23-38(24-20-36)40-27-31-42(32-28-40)44-34-16-14-12-10-8-6-4-2/h17-32H,3-16,33-34H2,1-2H3. The summed E-state index contributed by atoms with van der Waals surface area (Å²) in [5.41, 5.74) is 7.32. The van der Waals surface area contributed by atoms with E-state index in [4.69, 9.17) is 9.47 Å². The third kappa shape index (κ3) is 11.5. The van der Waals surface area contributed by atoms with Crippen molar-refractivity contribution in [2.24, 2.45) is 0 Å². The lowest BCUT2D eigenvalue weighted by molar-refractivity contribution is 0.304. The number of rotatable bonds is 21. The molecule has 0 radical (unpaired) electrons. The van der Waals surface area contributed by atoms with E-state index in [0.29, 0.717) is 0 Å². The van der Waals surface area contributed by atoms with Gasteiger partial charge in [0.2, 0.25) is 0 Å². The maximum Gasteiger partial charge on any atom is 0.119 e. The molecule has 0 aliphatic carbocycles. The van der Waals surface area contributed by atoms with Crippen LogP contribution in [0.1, 0.15) is 104 Å². The molecule has 4 aromatic carbocycles. The Balaban J connectivity index is 1.20. The molecular weight excluding hydrogens is 536 g/mol. The Kier molecular flexibility index (Phi) is 14.9. The second-order valence-corrected chi connectivity index (χ2v) is 12.1. The monoisotopic (exact) mass is 590 g/mol. The van der Waals surface area contributed by atoms with Crippen LogP contribution in [-0.2, 0) is 0 Å². The summed E-state index contributed by atoms with van der Waals surface area (Å²) in [6, 6.07) is 34.7. The fourth-order valence-electron chi connectivity index (χ4n) is 5.70. The average Bonchev–Trinajstić information content (AvgIpc) is 3.08. The molecule has 0 atom stereocenters. The quantitative estimate of drug-likeness (QED) is 0.0899. The van der Waals surface area contributed by atoms with Gasteiger partial charge in [-0.25, -0.2) is 0 Å². The van der Waals surface area contributed by atoms with E-state index in [2.05, 4.69) is 111 Å². The lowest BCUT2D eigenvalue weighted by atomic mass is 9.98. The van der Waals surface area contributed by atoms with Crippen molar-refractivity contribution in [1.29, 1.82) is 0 Å². The maximum atomic E-state index is 5.98. The minimum absolute atomic E-state index is 0.805. The molecule has 0 saturated heterocycles. The number of ether oxygens (including phenoxy) is 2. The largest absolute Gasteiger partial charge is 0.494 e. The van der Waals surface area contributed by atoms with E-state index in [1.165, 1.54) is 110 Å². The highest BCUT2D eigenvalue weighted by Gasteiger charge is 2.04. The van der Waals surface area contributed by atoms with E-state index in [-0.39, 0.29) is 0 Å². The van der Waals surface area contributed by atoms with Crippen LogP contribution in [0.4, 0.5) is 0 Å². The Morgan fingerprint density at radius 2 is 0.523 bits per heavy atom. The average molecular weight is 591 g/mol.